The van der Waals surface area contributed by atoms with E-state index < -0.39 is 0 Å². The van der Waals surface area contributed by atoms with Gasteiger partial charge < -0.3 is 0 Å². The molecule has 82 valence electrons. The van der Waals surface area contributed by atoms with Gasteiger partial charge in [-0.1, -0.05) is 32.5 Å². The van der Waals surface area contributed by atoms with Crippen molar-refractivity contribution in [3.8, 4) is 0 Å². The first-order valence-corrected chi connectivity index (χ1v) is 5.65. The van der Waals surface area contributed by atoms with E-state index in [-0.39, 0.29) is 9.86 Å². The first-order chi connectivity index (χ1) is 6.78. The summed E-state index contributed by atoms with van der Waals surface area (Å²) in [4.78, 5) is 20.1. The average molecular weight is 224 g/mol. The van der Waals surface area contributed by atoms with E-state index in [1.807, 2.05) is 40.7 Å². The van der Waals surface area contributed by atoms with Crippen LogP contribution in [0.1, 0.15) is 42.8 Å². The van der Waals surface area contributed by atoms with Crippen LogP contribution >= 0.6 is 11.8 Å². The molecule has 15 heavy (non-hydrogen) atoms. The van der Waals surface area contributed by atoms with E-state index in [0.717, 1.165) is 11.4 Å². The van der Waals surface area contributed by atoms with Gasteiger partial charge in [0.15, 0.2) is 0 Å². The second-order valence-corrected chi connectivity index (χ2v) is 6.28. The van der Waals surface area contributed by atoms with Crippen LogP contribution in [0.2, 0.25) is 0 Å². The predicted molar refractivity (Wildman–Crippen MR) is 63.2 cm³/mol. The molecule has 0 saturated heterocycles. The summed E-state index contributed by atoms with van der Waals surface area (Å²) in [5.74, 6) is 0.312. The summed E-state index contributed by atoms with van der Waals surface area (Å²) in [6.45, 7) is 9.73. The molecule has 0 aromatic carbocycles. The standard InChI is InChI=1S/C11H16N2OS/c1-7-6-8(2)13-9(12-7)10(14)15-11(3,4)5/h6H,1-5H3. The molecule has 0 bridgehead atoms. The van der Waals surface area contributed by atoms with Crippen molar-refractivity contribution < 1.29 is 4.79 Å². The topological polar surface area (TPSA) is 42.9 Å². The van der Waals surface area contributed by atoms with Gasteiger partial charge in [-0.05, 0) is 19.9 Å². The number of carbonyl (C=O) groups excluding carboxylic acids is 1. The summed E-state index contributed by atoms with van der Waals surface area (Å²) in [5, 5.41) is -0.0608. The van der Waals surface area contributed by atoms with Gasteiger partial charge in [-0.15, -0.1) is 0 Å². The lowest BCUT2D eigenvalue weighted by molar-refractivity contribution is 0.107. The molecule has 1 heterocycles. The molecule has 0 aliphatic rings. The fraction of sp³-hybridized carbons (Fsp3) is 0.545. The minimum absolute atomic E-state index is 0.0608. The van der Waals surface area contributed by atoms with Crippen LogP contribution < -0.4 is 0 Å². The fourth-order valence-corrected chi connectivity index (χ4v) is 1.88. The van der Waals surface area contributed by atoms with E-state index in [2.05, 4.69) is 9.97 Å². The lowest BCUT2D eigenvalue weighted by Crippen LogP contribution is -2.14. The van der Waals surface area contributed by atoms with Crippen LogP contribution in [0.5, 0.6) is 0 Å². The summed E-state index contributed by atoms with van der Waals surface area (Å²) < 4.78 is -0.0991. The van der Waals surface area contributed by atoms with Crippen LogP contribution in [-0.2, 0) is 0 Å². The average Bonchev–Trinajstić information content (AvgIpc) is 1.98. The first-order valence-electron chi connectivity index (χ1n) is 4.83. The molecule has 0 aliphatic carbocycles. The zero-order valence-electron chi connectivity index (χ0n) is 9.79. The number of hydrogen-bond donors (Lipinski definition) is 0. The van der Waals surface area contributed by atoms with Crippen molar-refractivity contribution in [2.45, 2.75) is 39.4 Å². The number of aryl methyl sites for hydroxylation is 2. The predicted octanol–water partition coefficient (Wildman–Crippen LogP) is 2.77. The number of carbonyl (C=O) groups is 1. The normalized spacial score (nSPS) is 11.5. The Balaban J connectivity index is 2.92. The molecule has 1 rings (SSSR count). The smallest absolute Gasteiger partial charge is 0.257 e. The van der Waals surface area contributed by atoms with Crippen LogP contribution in [0, 0.1) is 13.8 Å². The number of aromatic nitrogens is 2. The van der Waals surface area contributed by atoms with E-state index >= 15 is 0 Å². The molecule has 0 atom stereocenters. The Labute approximate surface area is 94.7 Å². The maximum Gasteiger partial charge on any atom is 0.257 e. The summed E-state index contributed by atoms with van der Waals surface area (Å²) in [5.41, 5.74) is 1.67. The summed E-state index contributed by atoms with van der Waals surface area (Å²) in [6.07, 6.45) is 0. The molecule has 0 aliphatic heterocycles. The monoisotopic (exact) mass is 224 g/mol. The Morgan fingerprint density at radius 2 is 1.67 bits per heavy atom. The third-order valence-corrected chi connectivity index (χ3v) is 2.54. The van der Waals surface area contributed by atoms with Crippen LogP contribution in [0.25, 0.3) is 0 Å². The van der Waals surface area contributed by atoms with Gasteiger partial charge in [0.1, 0.15) is 0 Å². The minimum atomic E-state index is -0.0991. The minimum Gasteiger partial charge on any atom is -0.278 e. The van der Waals surface area contributed by atoms with Gasteiger partial charge in [-0.2, -0.15) is 0 Å². The lowest BCUT2D eigenvalue weighted by Gasteiger charge is -2.15. The molecule has 0 N–H and O–H groups in total. The van der Waals surface area contributed by atoms with E-state index in [0.29, 0.717) is 5.82 Å². The maximum absolute atomic E-state index is 11.8. The Bertz CT molecular complexity index is 362. The third kappa shape index (κ3) is 4.00. The van der Waals surface area contributed by atoms with E-state index in [4.69, 9.17) is 0 Å². The molecule has 0 spiro atoms. The van der Waals surface area contributed by atoms with Crippen molar-refractivity contribution in [3.05, 3.63) is 23.3 Å². The van der Waals surface area contributed by atoms with Crippen molar-refractivity contribution in [1.29, 1.82) is 0 Å². The van der Waals surface area contributed by atoms with Crippen LogP contribution in [0.15, 0.2) is 6.07 Å². The van der Waals surface area contributed by atoms with Crippen molar-refractivity contribution in [2.75, 3.05) is 0 Å². The second kappa shape index (κ2) is 4.31. The molecule has 4 heteroatoms. The lowest BCUT2D eigenvalue weighted by atomic mass is 10.3. The van der Waals surface area contributed by atoms with Gasteiger partial charge in [0.05, 0.1) is 0 Å². The number of thioether (sulfide) groups is 1. The van der Waals surface area contributed by atoms with Gasteiger partial charge in [0.2, 0.25) is 5.82 Å². The molecule has 0 radical (unpaired) electrons. The Hall–Kier alpha value is -0.900. The number of hydrogen-bond acceptors (Lipinski definition) is 4. The van der Waals surface area contributed by atoms with Crippen molar-refractivity contribution >= 4 is 16.9 Å². The molecule has 0 saturated carbocycles. The Morgan fingerprint density at radius 1 is 1.20 bits per heavy atom. The number of nitrogens with zero attached hydrogens (tertiary/aromatic N) is 2. The first kappa shape index (κ1) is 12.2. The van der Waals surface area contributed by atoms with Gasteiger partial charge in [0.25, 0.3) is 5.12 Å². The van der Waals surface area contributed by atoms with Crippen molar-refractivity contribution in [3.63, 3.8) is 0 Å². The van der Waals surface area contributed by atoms with Crippen molar-refractivity contribution in [1.82, 2.24) is 9.97 Å². The highest BCUT2D eigenvalue weighted by molar-refractivity contribution is 8.15. The quantitative estimate of drug-likeness (QED) is 0.735. The zero-order chi connectivity index (χ0) is 11.6. The summed E-state index contributed by atoms with van der Waals surface area (Å²) >= 11 is 1.26. The Kier molecular flexibility index (Phi) is 3.50. The molecular formula is C11H16N2OS. The third-order valence-electron chi connectivity index (χ3n) is 1.56. The van der Waals surface area contributed by atoms with E-state index in [9.17, 15) is 4.79 Å². The summed E-state index contributed by atoms with van der Waals surface area (Å²) in [7, 11) is 0. The maximum atomic E-state index is 11.8. The SMILES string of the molecule is Cc1cc(C)nc(C(=O)SC(C)(C)C)n1. The molecule has 3 nitrogen and oxygen atoms in total. The van der Waals surface area contributed by atoms with Crippen LogP contribution in [0.4, 0.5) is 0 Å². The van der Waals surface area contributed by atoms with Crippen LogP contribution in [-0.4, -0.2) is 19.8 Å². The Morgan fingerprint density at radius 3 is 2.07 bits per heavy atom. The van der Waals surface area contributed by atoms with Gasteiger partial charge >= 0.3 is 0 Å². The van der Waals surface area contributed by atoms with Gasteiger partial charge in [-0.25, -0.2) is 9.97 Å². The second-order valence-electron chi connectivity index (χ2n) is 4.48. The summed E-state index contributed by atoms with van der Waals surface area (Å²) in [6, 6.07) is 1.86. The molecule has 0 unspecified atom stereocenters. The highest BCUT2D eigenvalue weighted by Crippen LogP contribution is 2.26. The van der Waals surface area contributed by atoms with E-state index in [1.165, 1.54) is 11.8 Å². The van der Waals surface area contributed by atoms with Gasteiger partial charge in [0, 0.05) is 16.1 Å². The van der Waals surface area contributed by atoms with E-state index in [1.54, 1.807) is 0 Å². The fourth-order valence-electron chi connectivity index (χ4n) is 1.14. The highest BCUT2D eigenvalue weighted by atomic mass is 32.2. The molecule has 1 aromatic rings. The van der Waals surface area contributed by atoms with Crippen molar-refractivity contribution in [2.24, 2.45) is 0 Å². The van der Waals surface area contributed by atoms with Crippen LogP contribution in [0.3, 0.4) is 0 Å². The molecular weight excluding hydrogens is 208 g/mol. The zero-order valence-corrected chi connectivity index (χ0v) is 10.6. The molecule has 1 aromatic heterocycles. The molecule has 0 fully saturated rings. The highest BCUT2D eigenvalue weighted by Gasteiger charge is 2.20. The largest absolute Gasteiger partial charge is 0.278 e. The molecule has 0 amide bonds. The number of rotatable bonds is 1. The van der Waals surface area contributed by atoms with Gasteiger partial charge in [-0.3, -0.25) is 4.79 Å².